The number of amides is 1. The Kier molecular flexibility index (Phi) is 4.00. The highest BCUT2D eigenvalue weighted by atomic mass is 32.2. The topological polar surface area (TPSA) is 57.8 Å². The molecule has 5 heteroatoms. The number of rotatable bonds is 4. The first-order valence-corrected chi connectivity index (χ1v) is 5.84. The van der Waals surface area contributed by atoms with Crippen LogP contribution in [0.2, 0.25) is 0 Å². The summed E-state index contributed by atoms with van der Waals surface area (Å²) < 4.78 is 0. The zero-order chi connectivity index (χ0) is 10.6. The standard InChI is InChI=1S/C9H15N3OS/c1-6(5-14-3)11-9(13)8-4-10-12-7(8)2/h4,6H,5H2,1-3H3,(H,10,12)(H,11,13). The van der Waals surface area contributed by atoms with Gasteiger partial charge in [0.05, 0.1) is 11.8 Å². The average Bonchev–Trinajstić information content (AvgIpc) is 2.51. The molecule has 1 aromatic rings. The maximum atomic E-state index is 11.6. The Bertz CT molecular complexity index is 311. The van der Waals surface area contributed by atoms with Crippen LogP contribution in [0.1, 0.15) is 23.0 Å². The number of H-pyrrole nitrogens is 1. The van der Waals surface area contributed by atoms with E-state index in [2.05, 4.69) is 15.5 Å². The maximum absolute atomic E-state index is 11.6. The zero-order valence-corrected chi connectivity index (χ0v) is 9.44. The summed E-state index contributed by atoms with van der Waals surface area (Å²) in [6, 6.07) is 0.187. The molecule has 1 aromatic heterocycles. The summed E-state index contributed by atoms with van der Waals surface area (Å²) in [5.41, 5.74) is 1.43. The van der Waals surface area contributed by atoms with Crippen molar-refractivity contribution in [3.05, 3.63) is 17.5 Å². The smallest absolute Gasteiger partial charge is 0.254 e. The van der Waals surface area contributed by atoms with Crippen molar-refractivity contribution in [2.24, 2.45) is 0 Å². The van der Waals surface area contributed by atoms with Crippen molar-refractivity contribution in [1.82, 2.24) is 15.5 Å². The van der Waals surface area contributed by atoms with E-state index < -0.39 is 0 Å². The molecule has 0 saturated carbocycles. The molecule has 1 atom stereocenters. The van der Waals surface area contributed by atoms with Crippen molar-refractivity contribution >= 4 is 17.7 Å². The predicted octanol–water partition coefficient (Wildman–Crippen LogP) is 1.20. The number of nitrogens with one attached hydrogen (secondary N) is 2. The van der Waals surface area contributed by atoms with Crippen LogP contribution in [0.3, 0.4) is 0 Å². The summed E-state index contributed by atoms with van der Waals surface area (Å²) in [7, 11) is 0. The van der Waals surface area contributed by atoms with Gasteiger partial charge >= 0.3 is 0 Å². The Morgan fingerprint density at radius 1 is 1.79 bits per heavy atom. The molecular weight excluding hydrogens is 198 g/mol. The molecule has 0 fully saturated rings. The van der Waals surface area contributed by atoms with Crippen LogP contribution in [0.5, 0.6) is 0 Å². The molecular formula is C9H15N3OS. The van der Waals surface area contributed by atoms with Crippen LogP contribution in [-0.2, 0) is 0 Å². The van der Waals surface area contributed by atoms with Crippen LogP contribution >= 0.6 is 11.8 Å². The van der Waals surface area contributed by atoms with Crippen molar-refractivity contribution in [3.8, 4) is 0 Å². The van der Waals surface area contributed by atoms with Gasteiger partial charge in [-0.2, -0.15) is 16.9 Å². The summed E-state index contributed by atoms with van der Waals surface area (Å²) in [5.74, 6) is 0.862. The summed E-state index contributed by atoms with van der Waals surface area (Å²) in [6.07, 6.45) is 3.57. The third kappa shape index (κ3) is 2.77. The fourth-order valence-electron chi connectivity index (χ4n) is 1.17. The van der Waals surface area contributed by atoms with Crippen molar-refractivity contribution in [3.63, 3.8) is 0 Å². The molecule has 14 heavy (non-hydrogen) atoms. The molecule has 0 aliphatic heterocycles. The van der Waals surface area contributed by atoms with Gasteiger partial charge in [0.25, 0.3) is 5.91 Å². The van der Waals surface area contributed by atoms with Gasteiger partial charge < -0.3 is 5.32 Å². The molecule has 1 rings (SSSR count). The zero-order valence-electron chi connectivity index (χ0n) is 8.63. The fraction of sp³-hybridized carbons (Fsp3) is 0.556. The Balaban J connectivity index is 2.55. The third-order valence-electron chi connectivity index (χ3n) is 1.87. The highest BCUT2D eigenvalue weighted by molar-refractivity contribution is 7.98. The number of nitrogens with zero attached hydrogens (tertiary/aromatic N) is 1. The van der Waals surface area contributed by atoms with Crippen LogP contribution in [0.4, 0.5) is 0 Å². The number of hydrogen-bond donors (Lipinski definition) is 2. The number of carbonyl (C=O) groups excluding carboxylic acids is 1. The minimum absolute atomic E-state index is 0.0576. The lowest BCUT2D eigenvalue weighted by atomic mass is 10.2. The highest BCUT2D eigenvalue weighted by Gasteiger charge is 2.12. The molecule has 0 aliphatic rings. The van der Waals surface area contributed by atoms with Crippen LogP contribution in [0.25, 0.3) is 0 Å². The molecule has 0 aliphatic carbocycles. The first-order valence-electron chi connectivity index (χ1n) is 4.45. The van der Waals surface area contributed by atoms with Gasteiger partial charge in [0, 0.05) is 17.5 Å². The predicted molar refractivity (Wildman–Crippen MR) is 58.6 cm³/mol. The molecule has 78 valence electrons. The average molecular weight is 213 g/mol. The van der Waals surface area contributed by atoms with Crippen molar-refractivity contribution in [2.75, 3.05) is 12.0 Å². The van der Waals surface area contributed by atoms with E-state index in [1.807, 2.05) is 20.1 Å². The third-order valence-corrected chi connectivity index (χ3v) is 2.70. The van der Waals surface area contributed by atoms with E-state index in [0.717, 1.165) is 11.4 Å². The van der Waals surface area contributed by atoms with Crippen LogP contribution in [0.15, 0.2) is 6.20 Å². The first-order chi connectivity index (χ1) is 6.65. The Labute approximate surface area is 87.9 Å². The van der Waals surface area contributed by atoms with E-state index in [4.69, 9.17) is 0 Å². The molecule has 0 spiro atoms. The summed E-state index contributed by atoms with van der Waals surface area (Å²) in [5, 5.41) is 9.45. The lowest BCUT2D eigenvalue weighted by Crippen LogP contribution is -2.34. The monoisotopic (exact) mass is 213 g/mol. The van der Waals surface area contributed by atoms with Gasteiger partial charge in [0.1, 0.15) is 0 Å². The number of carbonyl (C=O) groups is 1. The summed E-state index contributed by atoms with van der Waals surface area (Å²) >= 11 is 1.72. The molecule has 1 unspecified atom stereocenters. The Morgan fingerprint density at radius 3 is 3.00 bits per heavy atom. The number of aryl methyl sites for hydroxylation is 1. The lowest BCUT2D eigenvalue weighted by molar-refractivity contribution is 0.0943. The second-order valence-electron chi connectivity index (χ2n) is 3.24. The molecule has 0 radical (unpaired) electrons. The van der Waals surface area contributed by atoms with Crippen molar-refractivity contribution in [1.29, 1.82) is 0 Å². The normalized spacial score (nSPS) is 12.5. The van der Waals surface area contributed by atoms with E-state index in [9.17, 15) is 4.79 Å². The van der Waals surface area contributed by atoms with Crippen LogP contribution < -0.4 is 5.32 Å². The summed E-state index contributed by atoms with van der Waals surface area (Å²) in [6.45, 7) is 3.82. The minimum Gasteiger partial charge on any atom is -0.349 e. The highest BCUT2D eigenvalue weighted by Crippen LogP contribution is 2.03. The molecule has 0 bridgehead atoms. The number of thioether (sulfide) groups is 1. The lowest BCUT2D eigenvalue weighted by Gasteiger charge is -2.11. The van der Waals surface area contributed by atoms with Crippen LogP contribution in [-0.4, -0.2) is 34.2 Å². The van der Waals surface area contributed by atoms with E-state index in [-0.39, 0.29) is 11.9 Å². The second-order valence-corrected chi connectivity index (χ2v) is 4.15. The Hall–Kier alpha value is -0.970. The van der Waals surface area contributed by atoms with Gasteiger partial charge in [-0.15, -0.1) is 0 Å². The molecule has 0 saturated heterocycles. The van der Waals surface area contributed by atoms with Gasteiger partial charge in [0.15, 0.2) is 0 Å². The molecule has 2 N–H and O–H groups in total. The number of hydrogen-bond acceptors (Lipinski definition) is 3. The van der Waals surface area contributed by atoms with E-state index >= 15 is 0 Å². The van der Waals surface area contributed by atoms with Gasteiger partial charge in [-0.25, -0.2) is 0 Å². The minimum atomic E-state index is -0.0576. The van der Waals surface area contributed by atoms with Gasteiger partial charge in [0.2, 0.25) is 0 Å². The van der Waals surface area contributed by atoms with Crippen LogP contribution in [0, 0.1) is 6.92 Å². The van der Waals surface area contributed by atoms with E-state index in [1.54, 1.807) is 18.0 Å². The van der Waals surface area contributed by atoms with Gasteiger partial charge in [-0.05, 0) is 20.1 Å². The number of aromatic nitrogens is 2. The molecule has 1 heterocycles. The SMILES string of the molecule is CSCC(C)NC(=O)c1cn[nH]c1C. The quantitative estimate of drug-likeness (QED) is 0.790. The molecule has 0 aromatic carbocycles. The summed E-state index contributed by atoms with van der Waals surface area (Å²) in [4.78, 5) is 11.6. The van der Waals surface area contributed by atoms with E-state index in [0.29, 0.717) is 5.56 Å². The molecule has 1 amide bonds. The fourth-order valence-corrected chi connectivity index (χ4v) is 1.76. The Morgan fingerprint density at radius 2 is 2.50 bits per heavy atom. The van der Waals surface area contributed by atoms with Gasteiger partial charge in [-0.1, -0.05) is 0 Å². The maximum Gasteiger partial charge on any atom is 0.254 e. The van der Waals surface area contributed by atoms with Gasteiger partial charge in [-0.3, -0.25) is 9.89 Å². The second kappa shape index (κ2) is 5.05. The van der Waals surface area contributed by atoms with E-state index in [1.165, 1.54) is 0 Å². The largest absolute Gasteiger partial charge is 0.349 e. The first kappa shape index (κ1) is 11.1. The molecule has 4 nitrogen and oxygen atoms in total. The van der Waals surface area contributed by atoms with Crippen molar-refractivity contribution in [2.45, 2.75) is 19.9 Å². The van der Waals surface area contributed by atoms with Crippen molar-refractivity contribution < 1.29 is 4.79 Å². The number of aromatic amines is 1.